The lowest BCUT2D eigenvalue weighted by Crippen LogP contribution is -2.41. The van der Waals surface area contributed by atoms with E-state index in [0.29, 0.717) is 29.9 Å². The number of carbonyl (C=O) groups is 1. The summed E-state index contributed by atoms with van der Waals surface area (Å²) in [5, 5.41) is 27.7. The number of hydrogen-bond donors (Lipinski definition) is 4. The Morgan fingerprint density at radius 2 is 1.76 bits per heavy atom. The number of aliphatic hydroxyl groups is 2. The smallest absolute Gasteiger partial charge is 0.229 e. The number of imidazole rings is 1. The van der Waals surface area contributed by atoms with Crippen molar-refractivity contribution in [1.29, 1.82) is 0 Å². The minimum atomic E-state index is -1.17. The van der Waals surface area contributed by atoms with Gasteiger partial charge in [-0.2, -0.15) is 9.97 Å². The Bertz CT molecular complexity index is 1410. The minimum absolute atomic E-state index is 0.0362. The number of fused-ring (bicyclic) bond motifs is 2. The van der Waals surface area contributed by atoms with Crippen LogP contribution in [0.25, 0.3) is 11.2 Å². The predicted octanol–water partition coefficient (Wildman–Crippen LogP) is 2.75. The molecule has 0 unspecified atom stereocenters. The summed E-state index contributed by atoms with van der Waals surface area (Å²) in [6, 6.07) is 19.9. The minimum Gasteiger partial charge on any atom is -0.389 e. The molecular weight excluding hydrogens is 492 g/mol. The quantitative estimate of drug-likeness (QED) is 0.277. The molecule has 2 aliphatic carbocycles. The number of rotatable bonds is 7. The van der Waals surface area contributed by atoms with Crippen LogP contribution in [0.2, 0.25) is 5.28 Å². The van der Waals surface area contributed by atoms with Crippen molar-refractivity contribution in [3.05, 3.63) is 83.4 Å². The zero-order chi connectivity index (χ0) is 25.7. The van der Waals surface area contributed by atoms with E-state index in [1.54, 1.807) is 10.9 Å². The van der Waals surface area contributed by atoms with Gasteiger partial charge in [-0.1, -0.05) is 60.7 Å². The van der Waals surface area contributed by atoms with E-state index in [9.17, 15) is 15.0 Å². The van der Waals surface area contributed by atoms with Crippen LogP contribution in [0.3, 0.4) is 0 Å². The number of amides is 1. The van der Waals surface area contributed by atoms with Gasteiger partial charge in [0, 0.05) is 25.4 Å². The molecular formula is C27H27ClN6O3. The van der Waals surface area contributed by atoms with Crippen LogP contribution in [0.5, 0.6) is 0 Å². The molecule has 4 N–H and O–H groups in total. The molecule has 9 nitrogen and oxygen atoms in total. The first kappa shape index (κ1) is 23.8. The predicted molar refractivity (Wildman–Crippen MR) is 139 cm³/mol. The number of nitrogens with zero attached hydrogens (tertiary/aromatic N) is 4. The molecule has 2 aliphatic rings. The van der Waals surface area contributed by atoms with Crippen molar-refractivity contribution >= 4 is 34.5 Å². The standard InChI is InChI=1S/C27H27ClN6O3/c1-29-25(37)27-12-18(27)20(21(35)22(27)36)34-14-31-19-23(32-26(28)33-24(19)34)30-13-17(15-8-4-2-5-9-15)16-10-6-3-7-11-16/h2-11,14,17-18,20-22,35-36H,12-13H2,1H3,(H,29,37)(H,30,32,33)/t18-,20-,21+,22+,27+/m1/s1. The summed E-state index contributed by atoms with van der Waals surface area (Å²) >= 11 is 6.34. The zero-order valence-electron chi connectivity index (χ0n) is 20.1. The van der Waals surface area contributed by atoms with Gasteiger partial charge in [0.2, 0.25) is 11.2 Å². The van der Waals surface area contributed by atoms with Gasteiger partial charge in [-0.15, -0.1) is 0 Å². The molecule has 1 amide bonds. The van der Waals surface area contributed by atoms with Gasteiger partial charge in [-0.3, -0.25) is 4.79 Å². The van der Waals surface area contributed by atoms with Crippen LogP contribution in [0, 0.1) is 11.3 Å². The second-order valence-electron chi connectivity index (χ2n) is 9.78. The number of anilines is 1. The van der Waals surface area contributed by atoms with Crippen LogP contribution < -0.4 is 10.6 Å². The highest BCUT2D eigenvalue weighted by Gasteiger charge is 2.75. The highest BCUT2D eigenvalue weighted by atomic mass is 35.5. The summed E-state index contributed by atoms with van der Waals surface area (Å²) in [6.07, 6.45) is -0.257. The third-order valence-corrected chi connectivity index (χ3v) is 8.08. The fourth-order valence-electron chi connectivity index (χ4n) is 6.02. The summed E-state index contributed by atoms with van der Waals surface area (Å²) in [5.74, 6) is 0.0334. The lowest BCUT2D eigenvalue weighted by atomic mass is 9.91. The topological polar surface area (TPSA) is 125 Å². The Kier molecular flexibility index (Phi) is 5.86. The van der Waals surface area contributed by atoms with E-state index in [1.807, 2.05) is 36.4 Å². The van der Waals surface area contributed by atoms with E-state index < -0.39 is 23.7 Å². The molecule has 190 valence electrons. The summed E-state index contributed by atoms with van der Waals surface area (Å²) < 4.78 is 1.72. The molecule has 0 radical (unpaired) electrons. The van der Waals surface area contributed by atoms with Crippen molar-refractivity contribution in [3.8, 4) is 0 Å². The molecule has 37 heavy (non-hydrogen) atoms. The molecule has 2 aromatic carbocycles. The van der Waals surface area contributed by atoms with E-state index in [4.69, 9.17) is 11.6 Å². The number of aliphatic hydroxyl groups excluding tert-OH is 2. The Labute approximate surface area is 218 Å². The van der Waals surface area contributed by atoms with E-state index >= 15 is 0 Å². The number of hydrogen-bond acceptors (Lipinski definition) is 7. The third kappa shape index (κ3) is 3.77. The van der Waals surface area contributed by atoms with Gasteiger partial charge in [-0.25, -0.2) is 4.98 Å². The van der Waals surface area contributed by atoms with E-state index in [2.05, 4.69) is 49.9 Å². The van der Waals surface area contributed by atoms with E-state index in [-0.39, 0.29) is 23.0 Å². The summed E-state index contributed by atoms with van der Waals surface area (Å²) in [7, 11) is 1.54. The normalized spacial score (nSPS) is 26.3. The number of halogens is 1. The van der Waals surface area contributed by atoms with Crippen molar-refractivity contribution in [2.24, 2.45) is 11.3 Å². The van der Waals surface area contributed by atoms with Crippen molar-refractivity contribution in [2.45, 2.75) is 30.6 Å². The van der Waals surface area contributed by atoms with Crippen molar-refractivity contribution in [2.75, 3.05) is 18.9 Å². The molecule has 2 fully saturated rings. The second kappa shape index (κ2) is 9.09. The van der Waals surface area contributed by atoms with Crippen molar-refractivity contribution < 1.29 is 15.0 Å². The number of benzene rings is 2. The number of carbonyl (C=O) groups excluding carboxylic acids is 1. The van der Waals surface area contributed by atoms with Crippen LogP contribution in [0.4, 0.5) is 5.82 Å². The first-order valence-corrected chi connectivity index (χ1v) is 12.7. The maximum Gasteiger partial charge on any atom is 0.229 e. The molecule has 0 bridgehead atoms. The van der Waals surface area contributed by atoms with Crippen molar-refractivity contribution in [1.82, 2.24) is 24.8 Å². The second-order valence-corrected chi connectivity index (χ2v) is 10.1. The number of nitrogens with one attached hydrogen (secondary N) is 2. The van der Waals surface area contributed by atoms with Crippen LogP contribution in [0.15, 0.2) is 67.0 Å². The van der Waals surface area contributed by atoms with Gasteiger partial charge in [0.25, 0.3) is 0 Å². The molecule has 5 atom stereocenters. The largest absolute Gasteiger partial charge is 0.389 e. The van der Waals surface area contributed by atoms with Crippen LogP contribution in [-0.4, -0.2) is 61.4 Å². The molecule has 0 spiro atoms. The third-order valence-electron chi connectivity index (χ3n) is 7.92. The maximum atomic E-state index is 12.5. The average molecular weight is 519 g/mol. The van der Waals surface area contributed by atoms with Crippen LogP contribution >= 0.6 is 11.6 Å². The summed E-state index contributed by atoms with van der Waals surface area (Å²) in [4.78, 5) is 25.9. The monoisotopic (exact) mass is 518 g/mol. The van der Waals surface area contributed by atoms with Crippen LogP contribution in [0.1, 0.15) is 29.5 Å². The van der Waals surface area contributed by atoms with Gasteiger partial charge in [0.05, 0.1) is 23.9 Å². The van der Waals surface area contributed by atoms with Crippen LogP contribution in [-0.2, 0) is 4.79 Å². The molecule has 2 aromatic heterocycles. The van der Waals surface area contributed by atoms with Gasteiger partial charge < -0.3 is 25.4 Å². The first-order chi connectivity index (χ1) is 18.0. The lowest BCUT2D eigenvalue weighted by molar-refractivity contribution is -0.132. The van der Waals surface area contributed by atoms with Gasteiger partial charge in [0.1, 0.15) is 6.10 Å². The zero-order valence-corrected chi connectivity index (χ0v) is 20.9. The molecule has 0 aliphatic heterocycles. The number of aromatic nitrogens is 4. The Balaban J connectivity index is 1.33. The van der Waals surface area contributed by atoms with E-state index in [1.165, 1.54) is 7.05 Å². The Morgan fingerprint density at radius 3 is 2.38 bits per heavy atom. The molecule has 4 aromatic rings. The molecule has 0 saturated heterocycles. The lowest BCUT2D eigenvalue weighted by Gasteiger charge is -2.23. The van der Waals surface area contributed by atoms with Gasteiger partial charge in [-0.05, 0) is 29.1 Å². The van der Waals surface area contributed by atoms with Crippen molar-refractivity contribution in [3.63, 3.8) is 0 Å². The fraction of sp³-hybridized carbons (Fsp3) is 0.333. The average Bonchev–Trinajstić information content (AvgIpc) is 3.46. The highest BCUT2D eigenvalue weighted by molar-refractivity contribution is 6.28. The molecule has 10 heteroatoms. The van der Waals surface area contributed by atoms with Gasteiger partial charge >= 0.3 is 0 Å². The SMILES string of the molecule is CNC(=O)[C@@]12C[C@@H]1[C@@H](n1cnc3c(NCC(c4ccccc4)c4ccccc4)nc(Cl)nc31)[C@H](O)[C@@H]2O. The Morgan fingerprint density at radius 1 is 1.11 bits per heavy atom. The molecule has 2 saturated carbocycles. The summed E-state index contributed by atoms with van der Waals surface area (Å²) in [5.41, 5.74) is 2.26. The summed E-state index contributed by atoms with van der Waals surface area (Å²) in [6.45, 7) is 0.538. The Hall–Kier alpha value is -3.53. The maximum absolute atomic E-state index is 12.5. The van der Waals surface area contributed by atoms with E-state index in [0.717, 1.165) is 11.1 Å². The highest BCUT2D eigenvalue weighted by Crippen LogP contribution is 2.67. The fourth-order valence-corrected chi connectivity index (χ4v) is 6.18. The molecule has 2 heterocycles. The van der Waals surface area contributed by atoms with Gasteiger partial charge in [0.15, 0.2) is 17.0 Å². The first-order valence-electron chi connectivity index (χ1n) is 12.3. The molecule has 6 rings (SSSR count).